The van der Waals surface area contributed by atoms with E-state index in [-0.39, 0.29) is 23.9 Å². The lowest BCUT2D eigenvalue weighted by Crippen LogP contribution is -2.58. The minimum absolute atomic E-state index is 0.0762. The molecule has 4 aromatic rings. The molecule has 0 radical (unpaired) electrons. The topological polar surface area (TPSA) is 131 Å². The van der Waals surface area contributed by atoms with Gasteiger partial charge in [0.15, 0.2) is 5.88 Å². The summed E-state index contributed by atoms with van der Waals surface area (Å²) < 4.78 is 4.91. The summed E-state index contributed by atoms with van der Waals surface area (Å²) >= 11 is 0. The van der Waals surface area contributed by atoms with Crippen LogP contribution in [0.1, 0.15) is 50.2 Å². The first kappa shape index (κ1) is 28.3. The van der Waals surface area contributed by atoms with Crippen molar-refractivity contribution in [1.29, 1.82) is 5.41 Å². The lowest BCUT2D eigenvalue weighted by Gasteiger charge is -2.41. The van der Waals surface area contributed by atoms with Gasteiger partial charge in [0, 0.05) is 53.4 Å². The van der Waals surface area contributed by atoms with E-state index in [9.17, 15) is 14.7 Å². The fourth-order valence-corrected chi connectivity index (χ4v) is 6.08. The molecule has 10 nitrogen and oxygen atoms in total. The third-order valence-electron chi connectivity index (χ3n) is 8.32. The van der Waals surface area contributed by atoms with Crippen LogP contribution in [0, 0.1) is 12.3 Å². The number of aromatic nitrogens is 1. The van der Waals surface area contributed by atoms with E-state index in [1.807, 2.05) is 43.3 Å². The summed E-state index contributed by atoms with van der Waals surface area (Å²) in [4.78, 5) is 41.1. The zero-order valence-corrected chi connectivity index (χ0v) is 24.3. The number of benzene rings is 3. The van der Waals surface area contributed by atoms with Gasteiger partial charge in [0.25, 0.3) is 5.91 Å². The number of H-pyrrole nitrogens is 1. The van der Waals surface area contributed by atoms with Gasteiger partial charge in [0.05, 0.1) is 36.2 Å². The fourth-order valence-electron chi connectivity index (χ4n) is 6.08. The SMILES string of the molecule is COC(=O)c1cc2[nH]c(O)c(C(=Nc3ccc(C(=O)N(C)OCCN4C5CCC4C5=N)cc3)c3ccccc3)c2cc1C. The van der Waals surface area contributed by atoms with Crippen molar-refractivity contribution in [3.05, 3.63) is 94.5 Å². The number of amides is 1. The Kier molecular flexibility index (Phi) is 7.55. The maximum atomic E-state index is 13.0. The molecule has 3 aliphatic rings. The summed E-state index contributed by atoms with van der Waals surface area (Å²) in [6.07, 6.45) is 2.07. The van der Waals surface area contributed by atoms with Gasteiger partial charge in [-0.25, -0.2) is 14.9 Å². The molecule has 3 aromatic carbocycles. The van der Waals surface area contributed by atoms with Crippen molar-refractivity contribution in [2.45, 2.75) is 31.8 Å². The van der Waals surface area contributed by atoms with E-state index in [1.165, 1.54) is 12.2 Å². The van der Waals surface area contributed by atoms with E-state index in [1.54, 1.807) is 37.4 Å². The Bertz CT molecular complexity index is 1730. The van der Waals surface area contributed by atoms with Crippen molar-refractivity contribution in [3.63, 3.8) is 0 Å². The molecule has 2 unspecified atom stereocenters. The number of rotatable bonds is 9. The number of methoxy groups -OCH3 is 1. The number of aliphatic imine (C=N–C) groups is 1. The molecule has 0 spiro atoms. The van der Waals surface area contributed by atoms with Crippen molar-refractivity contribution >= 4 is 39.9 Å². The average Bonchev–Trinajstić information content (AvgIpc) is 3.72. The first-order valence-corrected chi connectivity index (χ1v) is 14.2. The molecule has 10 heteroatoms. The Balaban J connectivity index is 1.24. The maximum absolute atomic E-state index is 13.0. The van der Waals surface area contributed by atoms with E-state index >= 15 is 0 Å². The van der Waals surface area contributed by atoms with Gasteiger partial charge in [-0.1, -0.05) is 30.3 Å². The van der Waals surface area contributed by atoms with Gasteiger partial charge >= 0.3 is 5.97 Å². The number of nitrogens with one attached hydrogen (secondary N) is 2. The molecule has 3 fully saturated rings. The van der Waals surface area contributed by atoms with E-state index in [0.717, 1.165) is 24.1 Å². The predicted octanol–water partition coefficient (Wildman–Crippen LogP) is 5.01. The lowest BCUT2D eigenvalue weighted by atomic mass is 9.98. The van der Waals surface area contributed by atoms with Gasteiger partial charge in [-0.3, -0.25) is 14.5 Å². The van der Waals surface area contributed by atoms with Gasteiger partial charge in [0.2, 0.25) is 0 Å². The third kappa shape index (κ3) is 5.19. The summed E-state index contributed by atoms with van der Waals surface area (Å²) in [6, 6.07) is 20.4. The normalized spacial score (nSPS) is 18.1. The van der Waals surface area contributed by atoms with Gasteiger partial charge in [-0.15, -0.1) is 0 Å². The summed E-state index contributed by atoms with van der Waals surface area (Å²) in [6.45, 7) is 2.88. The first-order chi connectivity index (χ1) is 20.8. The summed E-state index contributed by atoms with van der Waals surface area (Å²) in [5.74, 6) is -0.806. The highest BCUT2D eigenvalue weighted by Gasteiger charge is 2.49. The second-order valence-corrected chi connectivity index (χ2v) is 10.9. The number of esters is 1. The number of hydroxylamine groups is 2. The fraction of sp³-hybridized carbons (Fsp3) is 0.273. The Labute approximate surface area is 249 Å². The van der Waals surface area contributed by atoms with Crippen molar-refractivity contribution < 1.29 is 24.3 Å². The maximum Gasteiger partial charge on any atom is 0.338 e. The number of aryl methyl sites for hydroxylation is 1. The molecule has 2 atom stereocenters. The molecular weight excluding hydrogens is 546 g/mol. The molecule has 43 heavy (non-hydrogen) atoms. The molecule has 220 valence electrons. The largest absolute Gasteiger partial charge is 0.494 e. The van der Waals surface area contributed by atoms with Gasteiger partial charge in [-0.2, -0.15) is 0 Å². The van der Waals surface area contributed by atoms with E-state index < -0.39 is 5.97 Å². The number of aromatic amines is 1. The van der Waals surface area contributed by atoms with E-state index in [0.29, 0.717) is 57.7 Å². The molecule has 2 bridgehead atoms. The number of ether oxygens (including phenoxy) is 1. The Morgan fingerprint density at radius 1 is 1.07 bits per heavy atom. The second kappa shape index (κ2) is 11.5. The molecule has 1 aliphatic carbocycles. The minimum Gasteiger partial charge on any atom is -0.494 e. The van der Waals surface area contributed by atoms with Crippen molar-refractivity contribution in [2.24, 2.45) is 4.99 Å². The Morgan fingerprint density at radius 2 is 1.77 bits per heavy atom. The van der Waals surface area contributed by atoms with Crippen LogP contribution >= 0.6 is 0 Å². The van der Waals surface area contributed by atoms with Gasteiger partial charge in [0.1, 0.15) is 0 Å². The quantitative estimate of drug-likeness (QED) is 0.145. The molecule has 3 heterocycles. The van der Waals surface area contributed by atoms with Crippen LogP contribution in [0.5, 0.6) is 5.88 Å². The highest BCUT2D eigenvalue weighted by atomic mass is 16.7. The van der Waals surface area contributed by atoms with Crippen molar-refractivity contribution in [3.8, 4) is 5.88 Å². The number of carbonyl (C=O) groups excluding carboxylic acids is 2. The number of hydrogen-bond acceptors (Lipinski definition) is 8. The molecule has 1 amide bonds. The van der Waals surface area contributed by atoms with Crippen molar-refractivity contribution in [2.75, 3.05) is 27.3 Å². The van der Waals surface area contributed by atoms with Gasteiger partial charge in [-0.05, 0) is 61.7 Å². The van der Waals surface area contributed by atoms with Crippen LogP contribution in [-0.4, -0.2) is 82.7 Å². The molecule has 3 N–H and O–H groups in total. The standard InChI is InChI=1S/C33H33N5O5/c1-19-17-24-25(18-23(19)33(41)42-3)36-31(39)28(24)30(20-7-5-4-6-8-20)35-22-11-9-21(10-12-22)32(40)37(2)43-16-15-38-26-13-14-27(38)29(26)34/h4-12,17-18,26-27,34,36,39H,13-16H2,1-3H3. The van der Waals surface area contributed by atoms with Crippen molar-refractivity contribution in [1.82, 2.24) is 14.9 Å². The van der Waals surface area contributed by atoms with E-state index in [4.69, 9.17) is 20.0 Å². The van der Waals surface area contributed by atoms with E-state index in [2.05, 4.69) is 9.88 Å². The number of fused-ring (bicyclic) bond motifs is 2. The predicted molar refractivity (Wildman–Crippen MR) is 164 cm³/mol. The zero-order valence-electron chi connectivity index (χ0n) is 24.3. The molecule has 1 saturated carbocycles. The monoisotopic (exact) mass is 579 g/mol. The summed E-state index contributed by atoms with van der Waals surface area (Å²) in [7, 11) is 2.93. The third-order valence-corrected chi connectivity index (χ3v) is 8.32. The summed E-state index contributed by atoms with van der Waals surface area (Å²) in [5, 5.41) is 21.0. The Morgan fingerprint density at radius 3 is 2.42 bits per heavy atom. The number of aromatic hydroxyl groups is 1. The first-order valence-electron chi connectivity index (χ1n) is 14.2. The van der Waals surface area contributed by atoms with Gasteiger partial charge < -0.3 is 20.2 Å². The molecule has 7 rings (SSSR count). The van der Waals surface area contributed by atoms with Crippen LogP contribution in [-0.2, 0) is 9.57 Å². The lowest BCUT2D eigenvalue weighted by molar-refractivity contribution is -0.112. The van der Waals surface area contributed by atoms with Crippen LogP contribution in [0.2, 0.25) is 0 Å². The molecular formula is C33H33N5O5. The minimum atomic E-state index is -0.456. The molecule has 2 saturated heterocycles. The molecule has 1 aromatic heterocycles. The number of hydrogen-bond donors (Lipinski definition) is 3. The van der Waals surface area contributed by atoms with Crippen LogP contribution < -0.4 is 0 Å². The zero-order chi connectivity index (χ0) is 30.2. The second-order valence-electron chi connectivity index (χ2n) is 10.9. The average molecular weight is 580 g/mol. The smallest absolute Gasteiger partial charge is 0.338 e. The van der Waals surface area contributed by atoms with Crippen LogP contribution in [0.25, 0.3) is 10.9 Å². The number of nitrogens with zero attached hydrogens (tertiary/aromatic N) is 3. The summed E-state index contributed by atoms with van der Waals surface area (Å²) in [5.41, 5.74) is 5.37. The highest BCUT2D eigenvalue weighted by Crippen LogP contribution is 2.37. The van der Waals surface area contributed by atoms with Crippen LogP contribution in [0.4, 0.5) is 5.69 Å². The Hall–Kier alpha value is -4.80. The molecule has 2 aliphatic heterocycles. The number of carbonyl (C=O) groups is 2. The van der Waals surface area contributed by atoms with Crippen LogP contribution in [0.15, 0.2) is 71.7 Å². The van der Waals surface area contributed by atoms with Crippen LogP contribution in [0.3, 0.4) is 0 Å². The highest BCUT2D eigenvalue weighted by molar-refractivity contribution is 6.22.